The first-order valence-corrected chi connectivity index (χ1v) is 9.52. The van der Waals surface area contributed by atoms with Gasteiger partial charge in [0.05, 0.1) is 13.5 Å². The molecule has 0 unspecified atom stereocenters. The maximum absolute atomic E-state index is 12.6. The van der Waals surface area contributed by atoms with Crippen molar-refractivity contribution in [3.8, 4) is 5.75 Å². The van der Waals surface area contributed by atoms with Gasteiger partial charge in [0.1, 0.15) is 10.6 Å². The number of hydrogen-bond donors (Lipinski definition) is 3. The fourth-order valence-electron chi connectivity index (χ4n) is 2.74. The zero-order valence-electron chi connectivity index (χ0n) is 13.9. The maximum atomic E-state index is 12.6. The monoisotopic (exact) mass is 370 g/mol. The molecule has 0 atom stereocenters. The number of sulfonamides is 1. The van der Waals surface area contributed by atoms with Crippen LogP contribution < -0.4 is 14.8 Å². The average molecular weight is 370 g/mol. The van der Waals surface area contributed by atoms with E-state index in [1.807, 2.05) is 0 Å². The summed E-state index contributed by atoms with van der Waals surface area (Å²) >= 11 is 0. The Bertz CT molecular complexity index is 741. The third-order valence-electron chi connectivity index (χ3n) is 4.02. The van der Waals surface area contributed by atoms with Gasteiger partial charge in [0.15, 0.2) is 0 Å². The molecule has 1 aliphatic rings. The lowest BCUT2D eigenvalue weighted by atomic mass is 10.2. The number of carboxylic acids is 1. The van der Waals surface area contributed by atoms with Gasteiger partial charge in [0, 0.05) is 18.2 Å². The van der Waals surface area contributed by atoms with Crippen LogP contribution in [0.1, 0.15) is 42.5 Å². The molecule has 1 saturated carbocycles. The van der Waals surface area contributed by atoms with Crippen molar-refractivity contribution in [1.29, 1.82) is 0 Å². The fourth-order valence-corrected chi connectivity index (χ4v) is 4.24. The van der Waals surface area contributed by atoms with Crippen molar-refractivity contribution in [3.05, 3.63) is 23.8 Å². The van der Waals surface area contributed by atoms with Crippen LogP contribution in [0, 0.1) is 0 Å². The molecule has 25 heavy (non-hydrogen) atoms. The van der Waals surface area contributed by atoms with Gasteiger partial charge in [-0.15, -0.1) is 0 Å². The molecule has 9 heteroatoms. The number of aliphatic carboxylic acids is 1. The molecule has 1 fully saturated rings. The van der Waals surface area contributed by atoms with E-state index in [1.165, 1.54) is 25.3 Å². The van der Waals surface area contributed by atoms with Crippen LogP contribution in [0.5, 0.6) is 5.75 Å². The van der Waals surface area contributed by atoms with Crippen LogP contribution in [0.4, 0.5) is 0 Å². The largest absolute Gasteiger partial charge is 0.495 e. The van der Waals surface area contributed by atoms with Crippen LogP contribution in [0.2, 0.25) is 0 Å². The third kappa shape index (κ3) is 5.17. The van der Waals surface area contributed by atoms with Crippen molar-refractivity contribution < 1.29 is 27.9 Å². The van der Waals surface area contributed by atoms with Crippen LogP contribution in [0.25, 0.3) is 0 Å². The smallest absolute Gasteiger partial charge is 0.305 e. The molecule has 1 amide bonds. The van der Waals surface area contributed by atoms with E-state index in [2.05, 4.69) is 10.0 Å². The first kappa shape index (κ1) is 19.2. The van der Waals surface area contributed by atoms with Gasteiger partial charge in [0.2, 0.25) is 10.0 Å². The second-order valence-corrected chi connectivity index (χ2v) is 7.55. The van der Waals surface area contributed by atoms with Gasteiger partial charge in [0.25, 0.3) is 5.91 Å². The molecular weight excluding hydrogens is 348 g/mol. The van der Waals surface area contributed by atoms with E-state index in [9.17, 15) is 18.0 Å². The zero-order valence-corrected chi connectivity index (χ0v) is 14.8. The van der Waals surface area contributed by atoms with Crippen molar-refractivity contribution in [3.63, 3.8) is 0 Å². The molecule has 0 spiro atoms. The highest BCUT2D eigenvalue weighted by Gasteiger charge is 2.26. The average Bonchev–Trinajstić information content (AvgIpc) is 3.06. The van der Waals surface area contributed by atoms with Gasteiger partial charge >= 0.3 is 5.97 Å². The van der Waals surface area contributed by atoms with Crippen LogP contribution in [0.15, 0.2) is 23.1 Å². The Kier molecular flexibility index (Phi) is 6.38. The highest BCUT2D eigenvalue weighted by Crippen LogP contribution is 2.27. The molecule has 2 rings (SSSR count). The van der Waals surface area contributed by atoms with Crippen LogP contribution in [-0.2, 0) is 14.8 Å². The van der Waals surface area contributed by atoms with Gasteiger partial charge in [-0.2, -0.15) is 0 Å². The molecule has 1 aliphatic carbocycles. The van der Waals surface area contributed by atoms with E-state index in [0.717, 1.165) is 25.7 Å². The Morgan fingerprint density at radius 2 is 1.96 bits per heavy atom. The molecule has 0 saturated heterocycles. The summed E-state index contributed by atoms with van der Waals surface area (Å²) in [5.74, 6) is -1.42. The summed E-state index contributed by atoms with van der Waals surface area (Å²) in [5, 5.41) is 11.0. The minimum absolute atomic E-state index is 0.0391. The summed E-state index contributed by atoms with van der Waals surface area (Å²) in [7, 11) is -2.47. The number of carbonyl (C=O) groups excluding carboxylic acids is 1. The Morgan fingerprint density at radius 1 is 1.28 bits per heavy atom. The van der Waals surface area contributed by atoms with Gasteiger partial charge < -0.3 is 15.2 Å². The topological polar surface area (TPSA) is 122 Å². The molecule has 0 aromatic heterocycles. The molecule has 1 aromatic rings. The molecule has 8 nitrogen and oxygen atoms in total. The fraction of sp³-hybridized carbons (Fsp3) is 0.500. The molecule has 0 bridgehead atoms. The summed E-state index contributed by atoms with van der Waals surface area (Å²) in [6, 6.07) is 3.98. The SMILES string of the molecule is COc1ccc(C(=O)NCCC(=O)O)cc1S(=O)(=O)NC1CCCC1. The van der Waals surface area contributed by atoms with Gasteiger partial charge in [-0.3, -0.25) is 9.59 Å². The number of benzene rings is 1. The summed E-state index contributed by atoms with van der Waals surface area (Å²) in [6.07, 6.45) is 3.33. The summed E-state index contributed by atoms with van der Waals surface area (Å²) in [4.78, 5) is 22.5. The van der Waals surface area contributed by atoms with Gasteiger partial charge in [-0.1, -0.05) is 12.8 Å². The quantitative estimate of drug-likeness (QED) is 0.630. The van der Waals surface area contributed by atoms with E-state index in [4.69, 9.17) is 9.84 Å². The maximum Gasteiger partial charge on any atom is 0.305 e. The Morgan fingerprint density at radius 3 is 2.56 bits per heavy atom. The van der Waals surface area contributed by atoms with E-state index in [0.29, 0.717) is 0 Å². The zero-order chi connectivity index (χ0) is 18.4. The first-order chi connectivity index (χ1) is 11.8. The minimum Gasteiger partial charge on any atom is -0.495 e. The summed E-state index contributed by atoms with van der Waals surface area (Å²) < 4.78 is 33.1. The normalized spacial score (nSPS) is 15.1. The Balaban J connectivity index is 2.20. The van der Waals surface area contributed by atoms with Crippen molar-refractivity contribution in [2.75, 3.05) is 13.7 Å². The number of nitrogens with one attached hydrogen (secondary N) is 2. The highest BCUT2D eigenvalue weighted by molar-refractivity contribution is 7.89. The second-order valence-electron chi connectivity index (χ2n) is 5.87. The second kappa shape index (κ2) is 8.30. The predicted octanol–water partition coefficient (Wildman–Crippen LogP) is 1.12. The van der Waals surface area contributed by atoms with Gasteiger partial charge in [-0.05, 0) is 31.0 Å². The van der Waals surface area contributed by atoms with Crippen molar-refractivity contribution in [2.24, 2.45) is 0 Å². The number of carboxylic acid groups (broad SMARTS) is 1. The standard InChI is InChI=1S/C16H22N2O6S/c1-24-13-7-6-11(16(21)17-9-8-15(19)20)10-14(13)25(22,23)18-12-4-2-3-5-12/h6-7,10,12,18H,2-5,8-9H2,1H3,(H,17,21)(H,19,20). The first-order valence-electron chi connectivity index (χ1n) is 8.04. The minimum atomic E-state index is -3.83. The van der Waals surface area contributed by atoms with Gasteiger partial charge in [-0.25, -0.2) is 13.1 Å². The van der Waals surface area contributed by atoms with E-state index in [-0.39, 0.29) is 35.2 Å². The lowest BCUT2D eigenvalue weighted by molar-refractivity contribution is -0.136. The van der Waals surface area contributed by atoms with Crippen molar-refractivity contribution in [1.82, 2.24) is 10.0 Å². The molecular formula is C16H22N2O6S. The van der Waals surface area contributed by atoms with E-state index in [1.54, 1.807) is 0 Å². The number of rotatable bonds is 8. The Hall–Kier alpha value is -2.13. The summed E-state index contributed by atoms with van der Waals surface area (Å²) in [6.45, 7) is -0.0391. The number of carbonyl (C=O) groups is 2. The van der Waals surface area contributed by atoms with Crippen LogP contribution in [-0.4, -0.2) is 45.1 Å². The lowest BCUT2D eigenvalue weighted by Gasteiger charge is -2.15. The molecule has 138 valence electrons. The molecule has 0 heterocycles. The molecule has 0 radical (unpaired) electrons. The number of amides is 1. The molecule has 1 aromatic carbocycles. The van der Waals surface area contributed by atoms with E-state index < -0.39 is 21.9 Å². The summed E-state index contributed by atoms with van der Waals surface area (Å²) in [5.41, 5.74) is 0.123. The number of hydrogen-bond acceptors (Lipinski definition) is 5. The Labute approximate surface area is 146 Å². The highest BCUT2D eigenvalue weighted by atomic mass is 32.2. The molecule has 3 N–H and O–H groups in total. The van der Waals surface area contributed by atoms with Crippen LogP contribution in [0.3, 0.4) is 0 Å². The third-order valence-corrected chi connectivity index (χ3v) is 5.56. The molecule has 0 aliphatic heterocycles. The predicted molar refractivity (Wildman–Crippen MR) is 90.2 cm³/mol. The number of ether oxygens (including phenoxy) is 1. The van der Waals surface area contributed by atoms with Crippen molar-refractivity contribution >= 4 is 21.9 Å². The van der Waals surface area contributed by atoms with E-state index >= 15 is 0 Å². The van der Waals surface area contributed by atoms with Crippen molar-refractivity contribution in [2.45, 2.75) is 43.0 Å². The van der Waals surface area contributed by atoms with Crippen LogP contribution >= 0.6 is 0 Å². The lowest BCUT2D eigenvalue weighted by Crippen LogP contribution is -2.33. The number of methoxy groups -OCH3 is 1.